The zero-order valence-electron chi connectivity index (χ0n) is 14.7. The van der Waals surface area contributed by atoms with Crippen LogP contribution in [0.3, 0.4) is 0 Å². The minimum atomic E-state index is -3.82. The van der Waals surface area contributed by atoms with Gasteiger partial charge < -0.3 is 11.1 Å². The second-order valence-electron chi connectivity index (χ2n) is 6.64. The van der Waals surface area contributed by atoms with Crippen molar-refractivity contribution in [3.8, 4) is 0 Å². The highest BCUT2D eigenvalue weighted by Gasteiger charge is 2.27. The highest BCUT2D eigenvalue weighted by Crippen LogP contribution is 2.25. The summed E-state index contributed by atoms with van der Waals surface area (Å²) in [7, 11) is -3.82. The summed E-state index contributed by atoms with van der Waals surface area (Å²) in [6, 6.07) is 10.8. The summed E-state index contributed by atoms with van der Waals surface area (Å²) in [6.07, 6.45) is 2.99. The predicted molar refractivity (Wildman–Crippen MR) is 101 cm³/mol. The Morgan fingerprint density at radius 3 is 2.37 bits per heavy atom. The maximum absolute atomic E-state index is 13.0. The molecule has 8 heteroatoms. The molecule has 1 amide bonds. The lowest BCUT2D eigenvalue weighted by molar-refractivity contribution is 0.0929. The monoisotopic (exact) mass is 391 g/mol. The molecule has 2 aromatic carbocycles. The number of anilines is 1. The average molecular weight is 391 g/mol. The maximum Gasteiger partial charge on any atom is 0.261 e. The third-order valence-corrected chi connectivity index (χ3v) is 6.20. The molecule has 1 saturated carbocycles. The molecule has 0 spiro atoms. The first-order valence-electron chi connectivity index (χ1n) is 8.78. The molecule has 144 valence electrons. The Bertz CT molecular complexity index is 899. The molecule has 4 N–H and O–H groups in total. The smallest absolute Gasteiger partial charge is 0.261 e. The Morgan fingerprint density at radius 1 is 1.07 bits per heavy atom. The van der Waals surface area contributed by atoms with E-state index in [1.165, 1.54) is 24.3 Å². The van der Waals surface area contributed by atoms with Gasteiger partial charge in [-0.3, -0.25) is 9.52 Å². The van der Waals surface area contributed by atoms with Crippen LogP contribution in [0.2, 0.25) is 0 Å². The lowest BCUT2D eigenvalue weighted by Gasteiger charge is -2.19. The summed E-state index contributed by atoms with van der Waals surface area (Å²) < 4.78 is 40.0. The number of nitrogens with one attached hydrogen (secondary N) is 2. The van der Waals surface area contributed by atoms with Crippen molar-refractivity contribution in [1.82, 2.24) is 5.32 Å². The van der Waals surface area contributed by atoms with Gasteiger partial charge in [-0.2, -0.15) is 0 Å². The van der Waals surface area contributed by atoms with Gasteiger partial charge in [-0.15, -0.1) is 0 Å². The van der Waals surface area contributed by atoms with Crippen LogP contribution in [0.4, 0.5) is 10.1 Å². The molecule has 2 aromatic rings. The summed E-state index contributed by atoms with van der Waals surface area (Å²) in [5, 5.41) is 3.00. The summed E-state index contributed by atoms with van der Waals surface area (Å²) in [5.74, 6) is -0.410. The number of nitrogens with two attached hydrogens (primary N) is 1. The van der Waals surface area contributed by atoms with E-state index in [4.69, 9.17) is 5.73 Å². The maximum atomic E-state index is 13.0. The van der Waals surface area contributed by atoms with Crippen LogP contribution < -0.4 is 15.8 Å². The van der Waals surface area contributed by atoms with Crippen molar-refractivity contribution in [2.75, 3.05) is 11.3 Å². The number of rotatable bonds is 6. The zero-order valence-corrected chi connectivity index (χ0v) is 15.5. The van der Waals surface area contributed by atoms with Crippen molar-refractivity contribution >= 4 is 21.6 Å². The summed E-state index contributed by atoms with van der Waals surface area (Å²) >= 11 is 0. The van der Waals surface area contributed by atoms with Gasteiger partial charge >= 0.3 is 0 Å². The van der Waals surface area contributed by atoms with Crippen LogP contribution in [0.25, 0.3) is 0 Å². The van der Waals surface area contributed by atoms with Crippen molar-refractivity contribution in [3.05, 3.63) is 59.9 Å². The number of hydrogen-bond donors (Lipinski definition) is 3. The minimum Gasteiger partial charge on any atom is -0.349 e. The molecule has 0 aliphatic heterocycles. The molecule has 0 bridgehead atoms. The highest BCUT2D eigenvalue weighted by atomic mass is 32.2. The van der Waals surface area contributed by atoms with Crippen molar-refractivity contribution in [2.45, 2.75) is 30.2 Å². The Hall–Kier alpha value is -2.45. The van der Waals surface area contributed by atoms with E-state index in [1.807, 2.05) is 0 Å². The first-order valence-corrected chi connectivity index (χ1v) is 10.3. The molecule has 0 aromatic heterocycles. The number of carbonyl (C=O) groups excluding carboxylic acids is 1. The molecule has 1 aliphatic rings. The van der Waals surface area contributed by atoms with Crippen LogP contribution in [-0.2, 0) is 10.0 Å². The largest absolute Gasteiger partial charge is 0.349 e. The lowest BCUT2D eigenvalue weighted by atomic mass is 10.0. The first-order chi connectivity index (χ1) is 12.9. The molecule has 2 unspecified atom stereocenters. The number of halogens is 1. The van der Waals surface area contributed by atoms with Crippen LogP contribution in [0.1, 0.15) is 29.6 Å². The Morgan fingerprint density at radius 2 is 1.74 bits per heavy atom. The fourth-order valence-corrected chi connectivity index (χ4v) is 4.34. The van der Waals surface area contributed by atoms with Gasteiger partial charge in [0.1, 0.15) is 5.82 Å². The fraction of sp³-hybridized carbons (Fsp3) is 0.316. The van der Waals surface area contributed by atoms with E-state index in [2.05, 4.69) is 10.0 Å². The summed E-state index contributed by atoms with van der Waals surface area (Å²) in [4.78, 5) is 12.3. The molecule has 1 fully saturated rings. The molecular formula is C19H22FN3O3S. The first kappa shape index (κ1) is 19.3. The van der Waals surface area contributed by atoms with E-state index in [0.29, 0.717) is 23.7 Å². The van der Waals surface area contributed by atoms with Crippen molar-refractivity contribution in [2.24, 2.45) is 11.7 Å². The molecule has 3 rings (SSSR count). The number of sulfonamides is 1. The minimum absolute atomic E-state index is 0.0419. The van der Waals surface area contributed by atoms with E-state index in [9.17, 15) is 17.6 Å². The zero-order chi connectivity index (χ0) is 19.4. The average Bonchev–Trinajstić information content (AvgIpc) is 3.09. The third kappa shape index (κ3) is 4.64. The van der Waals surface area contributed by atoms with Crippen LogP contribution in [0.15, 0.2) is 53.4 Å². The second-order valence-corrected chi connectivity index (χ2v) is 8.33. The molecule has 2 atom stereocenters. The normalized spacial score (nSPS) is 19.6. The Balaban J connectivity index is 1.66. The second kappa shape index (κ2) is 8.06. The van der Waals surface area contributed by atoms with Gasteiger partial charge in [0, 0.05) is 17.3 Å². The molecule has 6 nitrogen and oxygen atoms in total. The molecule has 27 heavy (non-hydrogen) atoms. The number of carbonyl (C=O) groups is 1. The number of hydrogen-bond acceptors (Lipinski definition) is 4. The summed E-state index contributed by atoms with van der Waals surface area (Å²) in [6.45, 7) is 0.551. The van der Waals surface area contributed by atoms with Gasteiger partial charge in [0.2, 0.25) is 0 Å². The number of benzene rings is 2. The standard InChI is InChI=1S/C19H22FN3O3S/c20-15-6-10-17(11-7-15)27(25,26)23-16-8-4-13(5-9-16)19(24)22-18-3-1-2-14(18)12-21/h4-11,14,18,23H,1-3,12,21H2,(H,22,24). The molecule has 0 saturated heterocycles. The van der Waals surface area contributed by atoms with Crippen molar-refractivity contribution < 1.29 is 17.6 Å². The van der Waals surface area contributed by atoms with Crippen LogP contribution in [-0.4, -0.2) is 26.9 Å². The van der Waals surface area contributed by atoms with Crippen LogP contribution in [0, 0.1) is 11.7 Å². The predicted octanol–water partition coefficient (Wildman–Crippen LogP) is 2.48. The highest BCUT2D eigenvalue weighted by molar-refractivity contribution is 7.92. The molecule has 0 heterocycles. The quantitative estimate of drug-likeness (QED) is 0.704. The van der Waals surface area contributed by atoms with Crippen molar-refractivity contribution in [1.29, 1.82) is 0 Å². The van der Waals surface area contributed by atoms with E-state index in [0.717, 1.165) is 31.4 Å². The topological polar surface area (TPSA) is 101 Å². The van der Waals surface area contributed by atoms with Gasteiger partial charge in [0.05, 0.1) is 4.90 Å². The van der Waals surface area contributed by atoms with E-state index >= 15 is 0 Å². The van der Waals surface area contributed by atoms with Gasteiger partial charge in [0.15, 0.2) is 0 Å². The van der Waals surface area contributed by atoms with Gasteiger partial charge in [-0.25, -0.2) is 12.8 Å². The molecule has 0 radical (unpaired) electrons. The number of amides is 1. The van der Waals surface area contributed by atoms with Gasteiger partial charge in [-0.05, 0) is 73.8 Å². The Labute approximate surface area is 158 Å². The molecule has 1 aliphatic carbocycles. The Kier molecular flexibility index (Phi) is 5.76. The van der Waals surface area contributed by atoms with Crippen LogP contribution >= 0.6 is 0 Å². The third-order valence-electron chi connectivity index (χ3n) is 4.80. The van der Waals surface area contributed by atoms with Crippen molar-refractivity contribution in [3.63, 3.8) is 0 Å². The van der Waals surface area contributed by atoms with E-state index < -0.39 is 15.8 Å². The SMILES string of the molecule is NCC1CCCC1NC(=O)c1ccc(NS(=O)(=O)c2ccc(F)cc2)cc1. The van der Waals surface area contributed by atoms with Gasteiger partial charge in [-0.1, -0.05) is 6.42 Å². The van der Waals surface area contributed by atoms with Gasteiger partial charge in [0.25, 0.3) is 15.9 Å². The molecular weight excluding hydrogens is 369 g/mol. The lowest BCUT2D eigenvalue weighted by Crippen LogP contribution is -2.39. The van der Waals surface area contributed by atoms with Crippen LogP contribution in [0.5, 0.6) is 0 Å². The fourth-order valence-electron chi connectivity index (χ4n) is 3.28. The summed E-state index contributed by atoms with van der Waals surface area (Å²) in [5.41, 5.74) is 6.50. The van der Waals surface area contributed by atoms with E-state index in [1.54, 1.807) is 12.1 Å². The van der Waals surface area contributed by atoms with E-state index in [-0.39, 0.29) is 16.8 Å².